The topological polar surface area (TPSA) is 70.4 Å². The Bertz CT molecular complexity index is 552. The van der Waals surface area contributed by atoms with Crippen LogP contribution < -0.4 is 0 Å². The van der Waals surface area contributed by atoms with Crippen LogP contribution in [0.15, 0.2) is 22.7 Å². The van der Waals surface area contributed by atoms with Crippen molar-refractivity contribution in [3.05, 3.63) is 33.8 Å². The Balaban J connectivity index is 2.80. The molecule has 1 rings (SSSR count). The summed E-state index contributed by atoms with van der Waals surface area (Å²) >= 11 is 3.36. The Labute approximate surface area is 126 Å². The molecular formula is C14H15BrN2O3. The van der Waals surface area contributed by atoms with Crippen LogP contribution in [0, 0.1) is 18.3 Å². The van der Waals surface area contributed by atoms with Crippen LogP contribution in [0.2, 0.25) is 0 Å². The van der Waals surface area contributed by atoms with Crippen LogP contribution in [0.5, 0.6) is 0 Å². The van der Waals surface area contributed by atoms with Gasteiger partial charge in [-0.3, -0.25) is 9.59 Å². The first kappa shape index (κ1) is 16.2. The highest BCUT2D eigenvalue weighted by Crippen LogP contribution is 2.16. The van der Waals surface area contributed by atoms with Crippen LogP contribution in [-0.2, 0) is 20.7 Å². The molecular weight excluding hydrogens is 324 g/mol. The number of ether oxygens (including phenoxy) is 1. The molecule has 0 aromatic heterocycles. The number of hydrogen-bond acceptors (Lipinski definition) is 4. The van der Waals surface area contributed by atoms with E-state index < -0.39 is 5.97 Å². The summed E-state index contributed by atoms with van der Waals surface area (Å²) in [6.45, 7) is 1.56. The van der Waals surface area contributed by atoms with Gasteiger partial charge in [-0.1, -0.05) is 22.0 Å². The summed E-state index contributed by atoms with van der Waals surface area (Å²) in [5.41, 5.74) is 1.84. The Morgan fingerprint density at radius 2 is 2.15 bits per heavy atom. The molecule has 1 aromatic carbocycles. The molecule has 5 nitrogen and oxygen atoms in total. The monoisotopic (exact) mass is 338 g/mol. The van der Waals surface area contributed by atoms with E-state index in [-0.39, 0.29) is 25.4 Å². The number of esters is 1. The molecule has 0 spiro atoms. The smallest absolute Gasteiger partial charge is 0.325 e. The van der Waals surface area contributed by atoms with Gasteiger partial charge in [0.2, 0.25) is 5.91 Å². The summed E-state index contributed by atoms with van der Waals surface area (Å²) in [5.74, 6) is -0.816. The second-order valence-corrected chi connectivity index (χ2v) is 5.15. The molecule has 0 aliphatic rings. The first-order valence-corrected chi connectivity index (χ1v) is 6.73. The van der Waals surface area contributed by atoms with E-state index in [4.69, 9.17) is 5.26 Å². The molecule has 1 aromatic rings. The first-order chi connectivity index (χ1) is 9.47. The average molecular weight is 339 g/mol. The van der Waals surface area contributed by atoms with Gasteiger partial charge in [-0.15, -0.1) is 0 Å². The molecule has 0 saturated heterocycles. The van der Waals surface area contributed by atoms with Crippen molar-refractivity contribution in [2.75, 3.05) is 20.2 Å². The van der Waals surface area contributed by atoms with Gasteiger partial charge >= 0.3 is 5.97 Å². The molecule has 0 aliphatic carbocycles. The van der Waals surface area contributed by atoms with Gasteiger partial charge in [-0.25, -0.2) is 0 Å². The molecule has 0 aliphatic heterocycles. The SMILES string of the molecule is COC(=O)CN(CC#N)C(=O)Cc1ccc(Br)cc1C. The van der Waals surface area contributed by atoms with E-state index in [0.29, 0.717) is 0 Å². The second kappa shape index (κ2) is 7.65. The lowest BCUT2D eigenvalue weighted by Crippen LogP contribution is -2.37. The van der Waals surface area contributed by atoms with Crippen LogP contribution in [0.1, 0.15) is 11.1 Å². The highest BCUT2D eigenvalue weighted by Gasteiger charge is 2.18. The van der Waals surface area contributed by atoms with Gasteiger partial charge in [0.15, 0.2) is 0 Å². The summed E-state index contributed by atoms with van der Waals surface area (Å²) in [6, 6.07) is 7.49. The minimum atomic E-state index is -0.541. The Hall–Kier alpha value is -1.87. The van der Waals surface area contributed by atoms with E-state index in [1.165, 1.54) is 12.0 Å². The quantitative estimate of drug-likeness (QED) is 0.606. The van der Waals surface area contributed by atoms with Gasteiger partial charge < -0.3 is 9.64 Å². The highest BCUT2D eigenvalue weighted by molar-refractivity contribution is 9.10. The van der Waals surface area contributed by atoms with Crippen LogP contribution in [0.4, 0.5) is 0 Å². The summed E-state index contributed by atoms with van der Waals surface area (Å²) in [6.07, 6.45) is 0.151. The van der Waals surface area contributed by atoms with Crippen molar-refractivity contribution >= 4 is 27.8 Å². The second-order valence-electron chi connectivity index (χ2n) is 4.23. The molecule has 0 N–H and O–H groups in total. The van der Waals surface area contributed by atoms with E-state index in [1.807, 2.05) is 31.2 Å². The third-order valence-corrected chi connectivity index (χ3v) is 3.30. The lowest BCUT2D eigenvalue weighted by molar-refractivity contribution is -0.146. The molecule has 106 valence electrons. The lowest BCUT2D eigenvalue weighted by Gasteiger charge is -2.18. The molecule has 0 saturated carbocycles. The molecule has 0 radical (unpaired) electrons. The summed E-state index contributed by atoms with van der Waals surface area (Å²) in [4.78, 5) is 24.6. The zero-order valence-electron chi connectivity index (χ0n) is 11.4. The van der Waals surface area contributed by atoms with Crippen molar-refractivity contribution in [1.29, 1.82) is 5.26 Å². The summed E-state index contributed by atoms with van der Waals surface area (Å²) < 4.78 is 5.46. The number of nitrogens with zero attached hydrogens (tertiary/aromatic N) is 2. The summed E-state index contributed by atoms with van der Waals surface area (Å²) in [5, 5.41) is 8.73. The predicted octanol–water partition coefficient (Wildman–Crippen LogP) is 1.83. The number of hydrogen-bond donors (Lipinski definition) is 0. The zero-order chi connectivity index (χ0) is 15.1. The Morgan fingerprint density at radius 3 is 2.70 bits per heavy atom. The maximum atomic E-state index is 12.1. The van der Waals surface area contributed by atoms with Crippen molar-refractivity contribution in [2.45, 2.75) is 13.3 Å². The minimum Gasteiger partial charge on any atom is -0.468 e. The van der Waals surface area contributed by atoms with Crippen molar-refractivity contribution in [1.82, 2.24) is 4.90 Å². The fourth-order valence-corrected chi connectivity index (χ4v) is 2.15. The fourth-order valence-electron chi connectivity index (χ4n) is 1.67. The van der Waals surface area contributed by atoms with Crippen molar-refractivity contribution < 1.29 is 14.3 Å². The zero-order valence-corrected chi connectivity index (χ0v) is 12.9. The number of amides is 1. The lowest BCUT2D eigenvalue weighted by atomic mass is 10.1. The van der Waals surface area contributed by atoms with E-state index in [1.54, 1.807) is 0 Å². The minimum absolute atomic E-state index is 0.135. The van der Waals surface area contributed by atoms with E-state index in [2.05, 4.69) is 20.7 Å². The van der Waals surface area contributed by atoms with Crippen molar-refractivity contribution in [3.63, 3.8) is 0 Å². The normalized spacial score (nSPS) is 9.70. The molecule has 1 amide bonds. The standard InChI is InChI=1S/C14H15BrN2O3/c1-10-7-12(15)4-3-11(10)8-13(18)17(6-5-16)9-14(19)20-2/h3-4,7H,6,8-9H2,1-2H3. The number of rotatable bonds is 5. The predicted molar refractivity (Wildman–Crippen MR) is 76.8 cm³/mol. The van der Waals surface area contributed by atoms with Crippen molar-refractivity contribution in [2.24, 2.45) is 0 Å². The maximum absolute atomic E-state index is 12.1. The fraction of sp³-hybridized carbons (Fsp3) is 0.357. The van der Waals surface area contributed by atoms with Crippen LogP contribution in [0.3, 0.4) is 0 Å². The Kier molecular flexibility index (Phi) is 6.19. The third-order valence-electron chi connectivity index (χ3n) is 2.81. The highest BCUT2D eigenvalue weighted by atomic mass is 79.9. The number of aryl methyl sites for hydroxylation is 1. The van der Waals surface area contributed by atoms with Gasteiger partial charge in [-0.05, 0) is 30.2 Å². The molecule has 20 heavy (non-hydrogen) atoms. The van der Waals surface area contributed by atoms with Gasteiger partial charge in [0, 0.05) is 4.47 Å². The molecule has 0 fully saturated rings. The van der Waals surface area contributed by atoms with Crippen molar-refractivity contribution in [3.8, 4) is 6.07 Å². The number of nitriles is 1. The van der Waals surface area contributed by atoms with Gasteiger partial charge in [-0.2, -0.15) is 5.26 Å². The van der Waals surface area contributed by atoms with Crippen LogP contribution in [0.25, 0.3) is 0 Å². The average Bonchev–Trinajstić information content (AvgIpc) is 2.41. The molecule has 6 heteroatoms. The van der Waals surface area contributed by atoms with Crippen LogP contribution >= 0.6 is 15.9 Å². The molecule has 0 atom stereocenters. The van der Waals surface area contributed by atoms with E-state index in [9.17, 15) is 9.59 Å². The summed E-state index contributed by atoms with van der Waals surface area (Å²) in [7, 11) is 1.25. The van der Waals surface area contributed by atoms with E-state index in [0.717, 1.165) is 15.6 Å². The van der Waals surface area contributed by atoms with Crippen LogP contribution in [-0.4, -0.2) is 37.0 Å². The molecule has 0 bridgehead atoms. The largest absolute Gasteiger partial charge is 0.468 e. The molecule has 0 unspecified atom stereocenters. The Morgan fingerprint density at radius 1 is 1.45 bits per heavy atom. The molecule has 0 heterocycles. The van der Waals surface area contributed by atoms with Gasteiger partial charge in [0.25, 0.3) is 0 Å². The number of methoxy groups -OCH3 is 1. The number of carbonyl (C=O) groups is 2. The van der Waals surface area contributed by atoms with Gasteiger partial charge in [0.1, 0.15) is 13.1 Å². The maximum Gasteiger partial charge on any atom is 0.325 e. The first-order valence-electron chi connectivity index (χ1n) is 5.94. The van der Waals surface area contributed by atoms with Gasteiger partial charge in [0.05, 0.1) is 19.6 Å². The number of halogens is 1. The number of benzene rings is 1. The number of carbonyl (C=O) groups excluding carboxylic acids is 2. The van der Waals surface area contributed by atoms with E-state index >= 15 is 0 Å². The third kappa shape index (κ3) is 4.67.